The van der Waals surface area contributed by atoms with Gasteiger partial charge in [-0.25, -0.2) is 14.8 Å². The molecule has 2 aromatic rings. The summed E-state index contributed by atoms with van der Waals surface area (Å²) in [4.78, 5) is 42.6. The van der Waals surface area contributed by atoms with E-state index in [0.29, 0.717) is 43.4 Å². The van der Waals surface area contributed by atoms with Gasteiger partial charge in [0.15, 0.2) is 0 Å². The normalized spacial score (nSPS) is 18.2. The second-order valence-corrected chi connectivity index (χ2v) is 10.5. The molecule has 5 heterocycles. The number of carbonyl (C=O) groups is 2. The number of hydrogen-bond acceptors (Lipinski definition) is 8. The number of pyridine rings is 2. The summed E-state index contributed by atoms with van der Waals surface area (Å²) >= 11 is 1.81. The van der Waals surface area contributed by atoms with Crippen molar-refractivity contribution in [3.8, 4) is 6.07 Å². The van der Waals surface area contributed by atoms with Crippen molar-refractivity contribution >= 4 is 41.0 Å². The first-order valence-electron chi connectivity index (χ1n) is 12.2. The number of anilines is 3. The fourth-order valence-corrected chi connectivity index (χ4v) is 5.80. The molecule has 3 aliphatic rings. The van der Waals surface area contributed by atoms with Crippen LogP contribution < -0.4 is 15.1 Å². The van der Waals surface area contributed by atoms with Crippen LogP contribution in [0.1, 0.15) is 28.8 Å². The summed E-state index contributed by atoms with van der Waals surface area (Å²) < 4.78 is 0. The third-order valence-corrected chi connectivity index (χ3v) is 7.87. The number of amides is 3. The molecule has 0 radical (unpaired) electrons. The first-order valence-corrected chi connectivity index (χ1v) is 13.4. The number of nitrogens with one attached hydrogen (secondary N) is 1. The highest BCUT2D eigenvalue weighted by molar-refractivity contribution is 7.99. The smallest absolute Gasteiger partial charge is 0.328 e. The van der Waals surface area contributed by atoms with E-state index in [4.69, 9.17) is 4.98 Å². The molecule has 5 rings (SSSR count). The molecule has 3 amide bonds. The van der Waals surface area contributed by atoms with Crippen molar-refractivity contribution in [2.75, 3.05) is 66.5 Å². The molecule has 0 aromatic carbocycles. The number of nitriles is 1. The van der Waals surface area contributed by atoms with Gasteiger partial charge in [0, 0.05) is 56.4 Å². The number of carbonyl (C=O) groups excluding carboxylic acids is 2. The molecule has 0 bridgehead atoms. The van der Waals surface area contributed by atoms with Crippen molar-refractivity contribution < 1.29 is 9.59 Å². The van der Waals surface area contributed by atoms with Gasteiger partial charge in [-0.15, -0.1) is 11.8 Å². The number of thioether (sulfide) groups is 1. The Balaban J connectivity index is 1.34. The van der Waals surface area contributed by atoms with Crippen LogP contribution in [-0.2, 0) is 17.8 Å². The average Bonchev–Trinajstić information content (AvgIpc) is 3.40. The fraction of sp³-hybridized carbons (Fsp3) is 0.480. The van der Waals surface area contributed by atoms with Gasteiger partial charge in [0.2, 0.25) is 5.91 Å². The van der Waals surface area contributed by atoms with E-state index in [2.05, 4.69) is 27.3 Å². The highest BCUT2D eigenvalue weighted by atomic mass is 32.2. The highest BCUT2D eigenvalue weighted by Gasteiger charge is 2.28. The number of hydrogen-bond donors (Lipinski definition) is 1. The SMILES string of the molecule is Cc1nc2c(cc1CN1CCN(C)CC1=O)CCCN2C(=O)Nc1cc(N2CCSC2)c(C#N)cn1. The molecule has 188 valence electrons. The first-order chi connectivity index (χ1) is 17.4. The molecule has 2 fully saturated rings. The molecule has 1 N–H and O–H groups in total. The molecule has 0 aliphatic carbocycles. The Morgan fingerprint density at radius 2 is 2.11 bits per heavy atom. The third-order valence-electron chi connectivity index (χ3n) is 6.90. The molecule has 10 nitrogen and oxygen atoms in total. The lowest BCUT2D eigenvalue weighted by molar-refractivity contribution is -0.136. The Hall–Kier alpha value is -3.36. The van der Waals surface area contributed by atoms with E-state index < -0.39 is 0 Å². The van der Waals surface area contributed by atoms with Gasteiger partial charge in [-0.1, -0.05) is 0 Å². The molecule has 2 saturated heterocycles. The molecule has 0 atom stereocenters. The Bertz CT molecular complexity index is 1220. The van der Waals surface area contributed by atoms with Gasteiger partial charge in [-0.2, -0.15) is 5.26 Å². The van der Waals surface area contributed by atoms with Crippen LogP contribution in [0, 0.1) is 18.3 Å². The summed E-state index contributed by atoms with van der Waals surface area (Å²) in [5.74, 6) is 3.03. The number of urea groups is 1. The Morgan fingerprint density at radius 3 is 2.86 bits per heavy atom. The zero-order valence-electron chi connectivity index (χ0n) is 20.7. The molecule has 11 heteroatoms. The zero-order valence-corrected chi connectivity index (χ0v) is 21.5. The van der Waals surface area contributed by atoms with E-state index >= 15 is 0 Å². The fourth-order valence-electron chi connectivity index (χ4n) is 4.83. The van der Waals surface area contributed by atoms with Crippen LogP contribution in [-0.4, -0.2) is 83.1 Å². The number of nitrogens with zero attached hydrogens (tertiary/aromatic N) is 7. The monoisotopic (exact) mass is 506 g/mol. The predicted octanol–water partition coefficient (Wildman–Crippen LogP) is 2.43. The number of aryl methyl sites for hydroxylation is 2. The summed E-state index contributed by atoms with van der Waals surface area (Å²) in [7, 11) is 1.96. The van der Waals surface area contributed by atoms with Crippen molar-refractivity contribution in [2.45, 2.75) is 26.3 Å². The standard InChI is InChI=1S/C25H30N8O2S/c1-17-19(14-31-7-6-30(2)15-23(31)34)10-18-4-3-5-33(24(18)28-17)25(35)29-22-11-21(20(12-26)13-27-22)32-8-9-36-16-32/h10-11,13H,3-9,14-16H2,1-2H3,(H,27,29,35). The minimum atomic E-state index is -0.288. The largest absolute Gasteiger partial charge is 0.360 e. The molecular formula is C25H30N8O2S. The number of likely N-dealkylation sites (N-methyl/N-ethyl adjacent to an activating group) is 1. The summed E-state index contributed by atoms with van der Waals surface area (Å²) in [6.45, 7) is 5.90. The molecule has 0 saturated carbocycles. The molecular weight excluding hydrogens is 476 g/mol. The Kier molecular flexibility index (Phi) is 6.98. The Labute approximate surface area is 215 Å². The van der Waals surface area contributed by atoms with Crippen LogP contribution in [0.15, 0.2) is 18.3 Å². The summed E-state index contributed by atoms with van der Waals surface area (Å²) in [6, 6.07) is 5.80. The number of rotatable bonds is 4. The van der Waals surface area contributed by atoms with E-state index in [1.165, 1.54) is 6.20 Å². The van der Waals surface area contributed by atoms with Gasteiger partial charge in [0.05, 0.1) is 23.7 Å². The van der Waals surface area contributed by atoms with Crippen molar-refractivity contribution in [1.82, 2.24) is 19.8 Å². The average molecular weight is 507 g/mol. The molecule has 3 aliphatic heterocycles. The predicted molar refractivity (Wildman–Crippen MR) is 140 cm³/mol. The van der Waals surface area contributed by atoms with Crippen molar-refractivity contribution in [2.24, 2.45) is 0 Å². The van der Waals surface area contributed by atoms with E-state index in [1.54, 1.807) is 11.0 Å². The van der Waals surface area contributed by atoms with Gasteiger partial charge < -0.3 is 9.80 Å². The van der Waals surface area contributed by atoms with Crippen LogP contribution in [0.4, 0.5) is 22.1 Å². The number of fused-ring (bicyclic) bond motifs is 1. The summed E-state index contributed by atoms with van der Waals surface area (Å²) in [5, 5.41) is 12.4. The lowest BCUT2D eigenvalue weighted by Gasteiger charge is -2.33. The number of piperazine rings is 1. The van der Waals surface area contributed by atoms with Crippen molar-refractivity contribution in [1.29, 1.82) is 5.26 Å². The summed E-state index contributed by atoms with van der Waals surface area (Å²) in [6.07, 6.45) is 3.18. The minimum Gasteiger partial charge on any atom is -0.360 e. The van der Waals surface area contributed by atoms with Crippen LogP contribution in [0.3, 0.4) is 0 Å². The number of aromatic nitrogens is 2. The second-order valence-electron chi connectivity index (χ2n) is 9.45. The van der Waals surface area contributed by atoms with Gasteiger partial charge in [-0.3, -0.25) is 19.9 Å². The van der Waals surface area contributed by atoms with Crippen LogP contribution in [0.25, 0.3) is 0 Å². The second kappa shape index (κ2) is 10.3. The third kappa shape index (κ3) is 4.96. The van der Waals surface area contributed by atoms with Gasteiger partial charge >= 0.3 is 6.03 Å². The van der Waals surface area contributed by atoms with Gasteiger partial charge in [0.1, 0.15) is 17.7 Å². The maximum atomic E-state index is 13.3. The topological polar surface area (TPSA) is 109 Å². The van der Waals surface area contributed by atoms with Crippen LogP contribution in [0.5, 0.6) is 0 Å². The Morgan fingerprint density at radius 1 is 1.25 bits per heavy atom. The van der Waals surface area contributed by atoms with Gasteiger partial charge in [-0.05, 0) is 44.0 Å². The van der Waals surface area contributed by atoms with E-state index in [1.807, 2.05) is 35.5 Å². The van der Waals surface area contributed by atoms with E-state index in [0.717, 1.165) is 60.1 Å². The minimum absolute atomic E-state index is 0.128. The quantitative estimate of drug-likeness (QED) is 0.674. The molecule has 2 aromatic heterocycles. The molecule has 36 heavy (non-hydrogen) atoms. The van der Waals surface area contributed by atoms with Crippen LogP contribution >= 0.6 is 11.8 Å². The first kappa shape index (κ1) is 24.3. The van der Waals surface area contributed by atoms with E-state index in [-0.39, 0.29) is 11.9 Å². The van der Waals surface area contributed by atoms with Crippen molar-refractivity contribution in [3.63, 3.8) is 0 Å². The lowest BCUT2D eigenvalue weighted by atomic mass is 10.0. The van der Waals surface area contributed by atoms with Gasteiger partial charge in [0.25, 0.3) is 0 Å². The maximum absolute atomic E-state index is 13.3. The molecule has 0 spiro atoms. The van der Waals surface area contributed by atoms with Crippen LogP contribution in [0.2, 0.25) is 0 Å². The lowest BCUT2D eigenvalue weighted by Crippen LogP contribution is -2.48. The molecule has 0 unspecified atom stereocenters. The maximum Gasteiger partial charge on any atom is 0.328 e. The highest BCUT2D eigenvalue weighted by Crippen LogP contribution is 2.30. The van der Waals surface area contributed by atoms with Crippen molar-refractivity contribution in [3.05, 3.63) is 40.7 Å². The zero-order chi connectivity index (χ0) is 25.2. The summed E-state index contributed by atoms with van der Waals surface area (Å²) in [5.41, 5.74) is 4.16. The van der Waals surface area contributed by atoms with E-state index in [9.17, 15) is 14.9 Å².